The van der Waals surface area contributed by atoms with E-state index in [2.05, 4.69) is 20.2 Å². The molecule has 140 valence electrons. The molecule has 1 aromatic heterocycles. The zero-order chi connectivity index (χ0) is 17.1. The number of aliphatic imine (C=N–C) groups is 1. The van der Waals surface area contributed by atoms with Gasteiger partial charge in [0.15, 0.2) is 5.96 Å². The van der Waals surface area contributed by atoms with Crippen molar-refractivity contribution >= 4 is 40.0 Å². The van der Waals surface area contributed by atoms with E-state index in [1.54, 1.807) is 0 Å². The van der Waals surface area contributed by atoms with Crippen LogP contribution in [-0.2, 0) is 16.6 Å². The van der Waals surface area contributed by atoms with Gasteiger partial charge >= 0.3 is 0 Å². The minimum Gasteiger partial charge on any atom is -0.357 e. The highest BCUT2D eigenvalue weighted by Crippen LogP contribution is 2.00. The predicted octanol–water partition coefficient (Wildman–Crippen LogP) is 1.33. The molecule has 0 aliphatic rings. The Kier molecular flexibility index (Phi) is 12.1. The maximum absolute atomic E-state index is 12.1. The molecule has 1 heterocycles. The summed E-state index contributed by atoms with van der Waals surface area (Å²) in [5, 5.41) is 6.34. The largest absolute Gasteiger partial charge is 0.357 e. The second-order valence-electron chi connectivity index (χ2n) is 5.01. The van der Waals surface area contributed by atoms with Crippen molar-refractivity contribution in [2.45, 2.75) is 27.3 Å². The first-order chi connectivity index (χ1) is 11.0. The highest BCUT2D eigenvalue weighted by atomic mass is 127. The number of aromatic nitrogens is 1. The summed E-state index contributed by atoms with van der Waals surface area (Å²) in [7, 11) is -3.22. The van der Waals surface area contributed by atoms with Crippen molar-refractivity contribution in [1.29, 1.82) is 0 Å². The monoisotopic (exact) mass is 471 g/mol. The van der Waals surface area contributed by atoms with Crippen LogP contribution >= 0.6 is 24.0 Å². The van der Waals surface area contributed by atoms with Crippen LogP contribution in [0.5, 0.6) is 0 Å². The molecule has 0 amide bonds. The van der Waals surface area contributed by atoms with Crippen LogP contribution in [-0.4, -0.2) is 61.7 Å². The van der Waals surface area contributed by atoms with Gasteiger partial charge < -0.3 is 15.2 Å². The van der Waals surface area contributed by atoms with Gasteiger partial charge in [-0.05, 0) is 19.1 Å². The zero-order valence-corrected chi connectivity index (χ0v) is 17.9. The molecule has 0 saturated heterocycles. The molecule has 2 N–H and O–H groups in total. The van der Waals surface area contributed by atoms with Gasteiger partial charge in [0, 0.05) is 45.1 Å². The molecular weight excluding hydrogens is 441 g/mol. The molecular formula is C15H30IN5O2S. The van der Waals surface area contributed by atoms with E-state index in [-0.39, 0.29) is 36.3 Å². The van der Waals surface area contributed by atoms with Crippen LogP contribution in [0, 0.1) is 0 Å². The van der Waals surface area contributed by atoms with E-state index in [1.165, 1.54) is 4.31 Å². The number of hydrogen-bond acceptors (Lipinski definition) is 3. The standard InChI is InChI=1S/C15H29N5O2S.HI/c1-4-16-15(17-9-13-19-11-7-8-12-19)18-10-14-23(21,22)20(5-2)6-3;/h7-8,11-12H,4-6,9-10,13-14H2,1-3H3,(H2,16,17,18);1H. The van der Waals surface area contributed by atoms with Crippen LogP contribution in [0.3, 0.4) is 0 Å². The molecule has 1 aromatic rings. The summed E-state index contributed by atoms with van der Waals surface area (Å²) in [6, 6.07) is 3.97. The third-order valence-electron chi connectivity index (χ3n) is 3.39. The molecule has 0 radical (unpaired) electrons. The Morgan fingerprint density at radius 3 is 2.29 bits per heavy atom. The van der Waals surface area contributed by atoms with Crippen LogP contribution in [0.1, 0.15) is 20.8 Å². The molecule has 0 spiro atoms. The zero-order valence-electron chi connectivity index (χ0n) is 14.7. The molecule has 24 heavy (non-hydrogen) atoms. The smallest absolute Gasteiger partial charge is 0.215 e. The van der Waals surface area contributed by atoms with Crippen molar-refractivity contribution in [3.8, 4) is 0 Å². The van der Waals surface area contributed by atoms with Crippen LogP contribution in [0.25, 0.3) is 0 Å². The number of hydrogen-bond donors (Lipinski definition) is 2. The minimum absolute atomic E-state index is 0. The molecule has 0 aliphatic heterocycles. The van der Waals surface area contributed by atoms with Gasteiger partial charge in [-0.1, -0.05) is 13.8 Å². The van der Waals surface area contributed by atoms with Crippen molar-refractivity contribution in [1.82, 2.24) is 19.5 Å². The Morgan fingerprint density at radius 2 is 1.75 bits per heavy atom. The molecule has 0 aliphatic carbocycles. The second-order valence-corrected chi connectivity index (χ2v) is 7.10. The Bertz CT molecular complexity index is 556. The number of sulfonamides is 1. The number of nitrogens with zero attached hydrogens (tertiary/aromatic N) is 3. The highest BCUT2D eigenvalue weighted by molar-refractivity contribution is 14.0. The highest BCUT2D eigenvalue weighted by Gasteiger charge is 2.17. The molecule has 0 bridgehead atoms. The molecule has 0 saturated carbocycles. The van der Waals surface area contributed by atoms with Crippen molar-refractivity contribution in [3.05, 3.63) is 24.5 Å². The Labute approximate surface area is 163 Å². The summed E-state index contributed by atoms with van der Waals surface area (Å²) in [5.41, 5.74) is 0. The number of nitrogens with one attached hydrogen (secondary N) is 2. The van der Waals surface area contributed by atoms with Crippen LogP contribution < -0.4 is 10.6 Å². The summed E-state index contributed by atoms with van der Waals surface area (Å²) in [6.45, 7) is 9.20. The van der Waals surface area contributed by atoms with Crippen LogP contribution in [0.15, 0.2) is 29.5 Å². The van der Waals surface area contributed by atoms with Crippen molar-refractivity contribution in [2.24, 2.45) is 4.99 Å². The molecule has 0 aromatic carbocycles. The van der Waals surface area contributed by atoms with Gasteiger partial charge in [0.2, 0.25) is 10.0 Å². The van der Waals surface area contributed by atoms with Gasteiger partial charge in [-0.2, -0.15) is 0 Å². The fourth-order valence-electron chi connectivity index (χ4n) is 2.18. The second kappa shape index (κ2) is 12.5. The maximum Gasteiger partial charge on any atom is 0.215 e. The van der Waals surface area contributed by atoms with Crippen molar-refractivity contribution < 1.29 is 8.42 Å². The lowest BCUT2D eigenvalue weighted by molar-refractivity contribution is 0.445. The fraction of sp³-hybridized carbons (Fsp3) is 0.667. The Balaban J connectivity index is 0.00000529. The molecule has 0 fully saturated rings. The topological polar surface area (TPSA) is 78.7 Å². The van der Waals surface area contributed by atoms with Gasteiger partial charge in [-0.3, -0.25) is 4.99 Å². The van der Waals surface area contributed by atoms with Crippen LogP contribution in [0.2, 0.25) is 0 Å². The molecule has 0 unspecified atom stereocenters. The van der Waals surface area contributed by atoms with E-state index in [0.717, 1.165) is 19.6 Å². The Morgan fingerprint density at radius 1 is 1.12 bits per heavy atom. The molecule has 7 nitrogen and oxygen atoms in total. The summed E-state index contributed by atoms with van der Waals surface area (Å²) < 4.78 is 27.8. The minimum atomic E-state index is -3.22. The lowest BCUT2D eigenvalue weighted by Gasteiger charge is -2.18. The average molecular weight is 471 g/mol. The molecule has 0 atom stereocenters. The van der Waals surface area contributed by atoms with Gasteiger partial charge in [-0.25, -0.2) is 12.7 Å². The molecule has 1 rings (SSSR count). The van der Waals surface area contributed by atoms with E-state index in [0.29, 0.717) is 19.0 Å². The SMILES string of the molecule is CCNC(=NCCS(=O)(=O)N(CC)CC)NCCn1cccc1.I. The maximum atomic E-state index is 12.1. The Hall–Kier alpha value is -0.810. The number of guanidine groups is 1. The van der Waals surface area contributed by atoms with Gasteiger partial charge in [0.05, 0.1) is 12.3 Å². The summed E-state index contributed by atoms with van der Waals surface area (Å²) in [4.78, 5) is 4.35. The summed E-state index contributed by atoms with van der Waals surface area (Å²) in [6.07, 6.45) is 4.00. The first kappa shape index (κ1) is 23.2. The normalized spacial score (nSPS) is 12.1. The predicted molar refractivity (Wildman–Crippen MR) is 111 cm³/mol. The summed E-state index contributed by atoms with van der Waals surface area (Å²) >= 11 is 0. The van der Waals surface area contributed by atoms with Crippen LogP contribution in [0.4, 0.5) is 0 Å². The van der Waals surface area contributed by atoms with E-state index in [1.807, 2.05) is 45.3 Å². The lowest BCUT2D eigenvalue weighted by atomic mass is 10.6. The quantitative estimate of drug-likeness (QED) is 0.307. The van der Waals surface area contributed by atoms with Crippen molar-refractivity contribution in [3.63, 3.8) is 0 Å². The first-order valence-corrected chi connectivity index (χ1v) is 9.75. The average Bonchev–Trinajstić information content (AvgIpc) is 3.01. The van der Waals surface area contributed by atoms with E-state index >= 15 is 0 Å². The van der Waals surface area contributed by atoms with E-state index in [9.17, 15) is 8.42 Å². The van der Waals surface area contributed by atoms with Gasteiger partial charge in [-0.15, -0.1) is 24.0 Å². The first-order valence-electron chi connectivity index (χ1n) is 8.14. The number of halogens is 1. The molecule has 9 heteroatoms. The van der Waals surface area contributed by atoms with E-state index in [4.69, 9.17) is 0 Å². The third kappa shape index (κ3) is 8.34. The fourth-order valence-corrected chi connectivity index (χ4v) is 3.55. The van der Waals surface area contributed by atoms with Crippen molar-refractivity contribution in [2.75, 3.05) is 38.5 Å². The third-order valence-corrected chi connectivity index (χ3v) is 5.39. The van der Waals surface area contributed by atoms with E-state index < -0.39 is 10.0 Å². The number of rotatable bonds is 10. The summed E-state index contributed by atoms with van der Waals surface area (Å²) in [5.74, 6) is 0.678. The van der Waals surface area contributed by atoms with Gasteiger partial charge in [0.1, 0.15) is 0 Å². The van der Waals surface area contributed by atoms with Gasteiger partial charge in [0.25, 0.3) is 0 Å². The lowest BCUT2D eigenvalue weighted by Crippen LogP contribution is -2.39.